The van der Waals surface area contributed by atoms with Crippen LogP contribution in [-0.2, 0) is 14.8 Å². The number of likely N-dealkylation sites (N-methyl/N-ethyl adjacent to an activating group) is 1. The Balaban J connectivity index is 2.07. The van der Waals surface area contributed by atoms with Crippen LogP contribution in [0.3, 0.4) is 0 Å². The van der Waals surface area contributed by atoms with Crippen LogP contribution < -0.4 is 5.32 Å². The number of nitrogens with zero attached hydrogens (tertiary/aromatic N) is 2. The Morgan fingerprint density at radius 1 is 1.35 bits per heavy atom. The van der Waals surface area contributed by atoms with Gasteiger partial charge in [0, 0.05) is 26.2 Å². The molecule has 1 aliphatic rings. The summed E-state index contributed by atoms with van der Waals surface area (Å²) in [4.78, 5) is 2.09. The molecule has 1 rings (SSSR count). The highest BCUT2D eigenvalue weighted by Gasteiger charge is 2.25. The molecule has 0 spiro atoms. The maximum atomic E-state index is 11.5. The van der Waals surface area contributed by atoms with Gasteiger partial charge in [-0.1, -0.05) is 0 Å². The first kappa shape index (κ1) is 17.8. The second-order valence-corrected chi connectivity index (χ2v) is 7.73. The van der Waals surface area contributed by atoms with Gasteiger partial charge in [0.2, 0.25) is 10.0 Å². The largest absolute Gasteiger partial charge is 0.379 e. The van der Waals surface area contributed by atoms with Crippen LogP contribution >= 0.6 is 0 Å². The molecular weight excluding hydrogens is 278 g/mol. The summed E-state index contributed by atoms with van der Waals surface area (Å²) in [6.07, 6.45) is 3.35. The van der Waals surface area contributed by atoms with Gasteiger partial charge in [-0.3, -0.25) is 0 Å². The number of piperidine rings is 1. The van der Waals surface area contributed by atoms with Gasteiger partial charge in [-0.15, -0.1) is 0 Å². The molecule has 1 N–H and O–H groups in total. The SMILES string of the molecule is CN(C)CCOCCNCC1CCCN(S(C)(=O)=O)C1. The average Bonchev–Trinajstić information content (AvgIpc) is 2.36. The Morgan fingerprint density at radius 2 is 2.10 bits per heavy atom. The van der Waals surface area contributed by atoms with E-state index >= 15 is 0 Å². The lowest BCUT2D eigenvalue weighted by Gasteiger charge is -2.31. The second-order valence-electron chi connectivity index (χ2n) is 5.75. The summed E-state index contributed by atoms with van der Waals surface area (Å²) in [5.74, 6) is 0.417. The number of nitrogens with one attached hydrogen (secondary N) is 1. The van der Waals surface area contributed by atoms with Crippen molar-refractivity contribution in [2.75, 3.05) is 66.3 Å². The second kappa shape index (κ2) is 8.94. The Labute approximate surface area is 123 Å². The molecule has 0 aromatic carbocycles. The standard InChI is InChI=1S/C13H29N3O3S/c1-15(2)8-10-19-9-6-14-11-13-5-4-7-16(12-13)20(3,17)18/h13-14H,4-12H2,1-3H3. The van der Waals surface area contributed by atoms with Gasteiger partial charge in [-0.05, 0) is 39.4 Å². The van der Waals surface area contributed by atoms with E-state index in [1.807, 2.05) is 14.1 Å². The molecule has 0 aromatic heterocycles. The topological polar surface area (TPSA) is 61.9 Å². The fraction of sp³-hybridized carbons (Fsp3) is 1.00. The Kier molecular flexibility index (Phi) is 7.98. The molecule has 20 heavy (non-hydrogen) atoms. The smallest absolute Gasteiger partial charge is 0.211 e. The van der Waals surface area contributed by atoms with Gasteiger partial charge in [0.15, 0.2) is 0 Å². The quantitative estimate of drug-likeness (QED) is 0.599. The maximum Gasteiger partial charge on any atom is 0.211 e. The lowest BCUT2D eigenvalue weighted by Crippen LogP contribution is -2.42. The number of hydrogen-bond acceptors (Lipinski definition) is 5. The zero-order valence-corrected chi connectivity index (χ0v) is 13.8. The molecule has 1 fully saturated rings. The van der Waals surface area contributed by atoms with E-state index in [-0.39, 0.29) is 0 Å². The molecule has 0 bridgehead atoms. The van der Waals surface area contributed by atoms with E-state index in [1.54, 1.807) is 4.31 Å². The van der Waals surface area contributed by atoms with Crippen LogP contribution in [0.25, 0.3) is 0 Å². The molecule has 6 nitrogen and oxygen atoms in total. The summed E-state index contributed by atoms with van der Waals surface area (Å²) < 4.78 is 30.1. The summed E-state index contributed by atoms with van der Waals surface area (Å²) in [7, 11) is 1.02. The van der Waals surface area contributed by atoms with Gasteiger partial charge in [-0.2, -0.15) is 0 Å². The highest BCUT2D eigenvalue weighted by Crippen LogP contribution is 2.17. The van der Waals surface area contributed by atoms with Gasteiger partial charge in [0.25, 0.3) is 0 Å². The van der Waals surface area contributed by atoms with E-state index in [1.165, 1.54) is 6.26 Å². The third-order valence-corrected chi connectivity index (χ3v) is 4.76. The van der Waals surface area contributed by atoms with Crippen molar-refractivity contribution in [1.29, 1.82) is 0 Å². The van der Waals surface area contributed by atoms with Crippen molar-refractivity contribution in [2.24, 2.45) is 5.92 Å². The van der Waals surface area contributed by atoms with E-state index in [4.69, 9.17) is 4.74 Å². The monoisotopic (exact) mass is 307 g/mol. The lowest BCUT2D eigenvalue weighted by atomic mass is 10.00. The van der Waals surface area contributed by atoms with Gasteiger partial charge in [0.05, 0.1) is 19.5 Å². The molecule has 1 heterocycles. The molecule has 0 amide bonds. The van der Waals surface area contributed by atoms with Crippen LogP contribution in [-0.4, -0.2) is 83.9 Å². The van der Waals surface area contributed by atoms with Crippen LogP contribution in [0.2, 0.25) is 0 Å². The number of hydrogen-bond donors (Lipinski definition) is 1. The van der Waals surface area contributed by atoms with Gasteiger partial charge in [0.1, 0.15) is 0 Å². The predicted octanol–water partition coefficient (Wildman–Crippen LogP) is -0.174. The zero-order valence-electron chi connectivity index (χ0n) is 13.0. The van der Waals surface area contributed by atoms with Crippen LogP contribution in [0.5, 0.6) is 0 Å². The van der Waals surface area contributed by atoms with Crippen molar-refractivity contribution in [3.8, 4) is 0 Å². The van der Waals surface area contributed by atoms with Crippen molar-refractivity contribution in [2.45, 2.75) is 12.8 Å². The minimum atomic E-state index is -3.03. The summed E-state index contributed by atoms with van der Waals surface area (Å²) in [5.41, 5.74) is 0. The third kappa shape index (κ3) is 7.54. The first-order valence-electron chi connectivity index (χ1n) is 7.28. The minimum Gasteiger partial charge on any atom is -0.379 e. The molecule has 1 atom stereocenters. The lowest BCUT2D eigenvalue weighted by molar-refractivity contribution is 0.118. The summed E-state index contributed by atoms with van der Waals surface area (Å²) in [6, 6.07) is 0. The zero-order chi connectivity index (χ0) is 15.0. The Bertz CT molecular complexity index is 360. The number of sulfonamides is 1. The van der Waals surface area contributed by atoms with Gasteiger partial charge in [-0.25, -0.2) is 12.7 Å². The molecule has 1 aliphatic heterocycles. The molecule has 1 saturated heterocycles. The maximum absolute atomic E-state index is 11.5. The normalized spacial score (nSPS) is 21.5. The van der Waals surface area contributed by atoms with Crippen molar-refractivity contribution < 1.29 is 13.2 Å². The highest BCUT2D eigenvalue weighted by atomic mass is 32.2. The van der Waals surface area contributed by atoms with E-state index in [0.29, 0.717) is 25.6 Å². The average molecular weight is 307 g/mol. The van der Waals surface area contributed by atoms with E-state index < -0.39 is 10.0 Å². The first-order valence-corrected chi connectivity index (χ1v) is 9.12. The minimum absolute atomic E-state index is 0.417. The van der Waals surface area contributed by atoms with Gasteiger partial charge >= 0.3 is 0 Å². The Hall–Kier alpha value is -0.210. The molecule has 7 heteroatoms. The van der Waals surface area contributed by atoms with Crippen LogP contribution in [0.4, 0.5) is 0 Å². The van der Waals surface area contributed by atoms with Crippen LogP contribution in [0, 0.1) is 5.92 Å². The number of rotatable bonds is 9. The van der Waals surface area contributed by atoms with Gasteiger partial charge < -0.3 is 15.0 Å². The molecule has 0 aliphatic carbocycles. The summed E-state index contributed by atoms with van der Waals surface area (Å²) >= 11 is 0. The Morgan fingerprint density at radius 3 is 2.75 bits per heavy atom. The van der Waals surface area contributed by atoms with Crippen LogP contribution in [0.15, 0.2) is 0 Å². The molecule has 120 valence electrons. The number of ether oxygens (including phenoxy) is 1. The molecule has 0 saturated carbocycles. The van der Waals surface area contributed by atoms with Crippen molar-refractivity contribution in [3.63, 3.8) is 0 Å². The molecule has 0 aromatic rings. The van der Waals surface area contributed by atoms with Crippen molar-refractivity contribution >= 4 is 10.0 Å². The van der Waals surface area contributed by atoms with E-state index in [9.17, 15) is 8.42 Å². The first-order chi connectivity index (χ1) is 9.39. The van der Waals surface area contributed by atoms with E-state index in [2.05, 4.69) is 10.2 Å². The predicted molar refractivity (Wildman–Crippen MR) is 81.4 cm³/mol. The summed E-state index contributed by atoms with van der Waals surface area (Å²) in [6.45, 7) is 5.39. The van der Waals surface area contributed by atoms with Crippen LogP contribution in [0.1, 0.15) is 12.8 Å². The van der Waals surface area contributed by atoms with Crippen molar-refractivity contribution in [1.82, 2.24) is 14.5 Å². The fourth-order valence-electron chi connectivity index (χ4n) is 2.29. The fourth-order valence-corrected chi connectivity index (χ4v) is 3.24. The summed E-state index contributed by atoms with van der Waals surface area (Å²) in [5, 5.41) is 3.36. The third-order valence-electron chi connectivity index (χ3n) is 3.49. The molecule has 0 radical (unpaired) electrons. The molecule has 1 unspecified atom stereocenters. The van der Waals surface area contributed by atoms with Crippen molar-refractivity contribution in [3.05, 3.63) is 0 Å². The highest BCUT2D eigenvalue weighted by molar-refractivity contribution is 7.88. The van der Waals surface area contributed by atoms with E-state index in [0.717, 1.165) is 39.1 Å². The molecular formula is C13H29N3O3S.